The van der Waals surface area contributed by atoms with Crippen molar-refractivity contribution in [3.8, 4) is 0 Å². The molecule has 2 aliphatic rings. The third-order valence-corrected chi connectivity index (χ3v) is 5.24. The molecule has 0 radical (unpaired) electrons. The molecule has 146 valence electrons. The van der Waals surface area contributed by atoms with E-state index in [1.807, 2.05) is 26.0 Å². The molecule has 1 aromatic heterocycles. The molecule has 2 atom stereocenters. The van der Waals surface area contributed by atoms with Crippen molar-refractivity contribution in [2.24, 2.45) is 10.9 Å². The van der Waals surface area contributed by atoms with Crippen LogP contribution in [0, 0.1) is 5.92 Å². The minimum absolute atomic E-state index is 0.147. The maximum absolute atomic E-state index is 12.4. The van der Waals surface area contributed by atoms with Gasteiger partial charge in [0.1, 0.15) is 11.5 Å². The first kappa shape index (κ1) is 19.5. The Hall–Kier alpha value is -2.21. The Bertz CT molecular complexity index is 714. The fourth-order valence-electron chi connectivity index (χ4n) is 3.69. The van der Waals surface area contributed by atoms with E-state index >= 15 is 0 Å². The molecular formula is C21H30N4O2. The number of hydrogen-bond acceptors (Lipinski definition) is 5. The van der Waals surface area contributed by atoms with Crippen LogP contribution >= 0.6 is 0 Å². The van der Waals surface area contributed by atoms with Crippen LogP contribution in [0.3, 0.4) is 0 Å². The molecule has 1 aromatic rings. The zero-order valence-corrected chi connectivity index (χ0v) is 16.3. The van der Waals surface area contributed by atoms with Gasteiger partial charge in [-0.3, -0.25) is 4.79 Å². The Balaban J connectivity index is 1.80. The SMILES string of the molecule is C/C=C1\N=C(C)c2ccnc(c2)NCC2CCCC(C2)OCCCNC1=O. The Kier molecular flexibility index (Phi) is 6.98. The molecule has 6 nitrogen and oxygen atoms in total. The Morgan fingerprint density at radius 1 is 1.26 bits per heavy atom. The number of carbonyl (C=O) groups excluding carboxylic acids is 1. The third kappa shape index (κ3) is 5.63. The molecule has 6 heteroatoms. The van der Waals surface area contributed by atoms with E-state index in [-0.39, 0.29) is 5.91 Å². The molecule has 0 spiro atoms. The van der Waals surface area contributed by atoms with E-state index in [1.54, 1.807) is 12.3 Å². The van der Waals surface area contributed by atoms with Crippen LogP contribution in [0.5, 0.6) is 0 Å². The maximum atomic E-state index is 12.4. The van der Waals surface area contributed by atoms with Crippen LogP contribution in [0.2, 0.25) is 0 Å². The lowest BCUT2D eigenvalue weighted by Crippen LogP contribution is -2.29. The minimum Gasteiger partial charge on any atom is -0.378 e. The molecular weight excluding hydrogens is 340 g/mol. The lowest BCUT2D eigenvalue weighted by Gasteiger charge is -2.29. The van der Waals surface area contributed by atoms with Gasteiger partial charge in [-0.25, -0.2) is 9.98 Å². The van der Waals surface area contributed by atoms with Crippen molar-refractivity contribution in [1.29, 1.82) is 0 Å². The van der Waals surface area contributed by atoms with Crippen LogP contribution in [0.15, 0.2) is 35.1 Å². The van der Waals surface area contributed by atoms with Gasteiger partial charge in [-0.05, 0) is 57.6 Å². The standard InChI is InChI=1S/C21H30N4O2/c1-3-19-21(26)23-9-5-11-27-18-7-4-6-16(12-18)14-24-20-13-17(8-10-22-20)15(2)25-19/h3,8,10,13,16,18H,4-7,9,11-12,14H2,1-2H3,(H,22,24)(H,23,26)/b19-3-,25-15?. The smallest absolute Gasteiger partial charge is 0.269 e. The van der Waals surface area contributed by atoms with E-state index in [9.17, 15) is 4.79 Å². The number of ether oxygens (including phenoxy) is 1. The average molecular weight is 370 g/mol. The molecule has 3 rings (SSSR count). The van der Waals surface area contributed by atoms with E-state index in [1.165, 1.54) is 12.8 Å². The number of allylic oxidation sites excluding steroid dienone is 1. The van der Waals surface area contributed by atoms with Crippen LogP contribution < -0.4 is 10.6 Å². The van der Waals surface area contributed by atoms with Gasteiger partial charge in [0.15, 0.2) is 0 Å². The molecule has 1 saturated carbocycles. The summed E-state index contributed by atoms with van der Waals surface area (Å²) in [6.45, 7) is 5.94. The summed E-state index contributed by atoms with van der Waals surface area (Å²) < 4.78 is 6.05. The number of nitrogens with one attached hydrogen (secondary N) is 2. The molecule has 4 bridgehead atoms. The molecule has 0 aromatic carbocycles. The van der Waals surface area contributed by atoms with Crippen LogP contribution in [0.1, 0.15) is 51.5 Å². The minimum atomic E-state index is -0.147. The maximum Gasteiger partial charge on any atom is 0.269 e. The first-order valence-electron chi connectivity index (χ1n) is 9.97. The van der Waals surface area contributed by atoms with Crippen molar-refractivity contribution in [2.75, 3.05) is 25.0 Å². The third-order valence-electron chi connectivity index (χ3n) is 5.24. The monoisotopic (exact) mass is 370 g/mol. The summed E-state index contributed by atoms with van der Waals surface area (Å²) in [5, 5.41) is 6.41. The zero-order chi connectivity index (χ0) is 19.1. The second-order valence-electron chi connectivity index (χ2n) is 7.32. The topological polar surface area (TPSA) is 75.6 Å². The van der Waals surface area contributed by atoms with Crippen molar-refractivity contribution in [3.63, 3.8) is 0 Å². The number of pyridine rings is 1. The quantitative estimate of drug-likeness (QED) is 0.687. The number of amides is 1. The number of carbonyl (C=O) groups is 1. The highest BCUT2D eigenvalue weighted by Gasteiger charge is 2.22. The first-order valence-corrected chi connectivity index (χ1v) is 9.97. The van der Waals surface area contributed by atoms with Crippen molar-refractivity contribution in [1.82, 2.24) is 10.3 Å². The Morgan fingerprint density at radius 2 is 2.15 bits per heavy atom. The van der Waals surface area contributed by atoms with E-state index in [0.29, 0.717) is 30.9 Å². The number of rotatable bonds is 0. The van der Waals surface area contributed by atoms with Crippen molar-refractivity contribution >= 4 is 17.4 Å². The average Bonchev–Trinajstić information content (AvgIpc) is 2.70. The van der Waals surface area contributed by atoms with Gasteiger partial charge in [-0.1, -0.05) is 12.5 Å². The van der Waals surface area contributed by atoms with Crippen LogP contribution in [-0.4, -0.2) is 42.4 Å². The molecule has 2 N–H and O–H groups in total. The fraction of sp³-hybridized carbons (Fsp3) is 0.571. The lowest BCUT2D eigenvalue weighted by atomic mass is 9.87. The van der Waals surface area contributed by atoms with Crippen LogP contribution in [0.4, 0.5) is 5.82 Å². The second kappa shape index (κ2) is 9.65. The summed E-state index contributed by atoms with van der Waals surface area (Å²) >= 11 is 0. The highest BCUT2D eigenvalue weighted by molar-refractivity contribution is 6.03. The van der Waals surface area contributed by atoms with Gasteiger partial charge in [0.2, 0.25) is 0 Å². The Morgan fingerprint density at radius 3 is 3.00 bits per heavy atom. The summed E-state index contributed by atoms with van der Waals surface area (Å²) in [4.78, 5) is 21.3. The number of aliphatic imine (C=N–C) groups is 1. The normalized spacial score (nSPS) is 26.5. The molecule has 2 unspecified atom stereocenters. The number of aromatic nitrogens is 1. The molecule has 0 saturated heterocycles. The highest BCUT2D eigenvalue weighted by Crippen LogP contribution is 2.27. The fourth-order valence-corrected chi connectivity index (χ4v) is 3.69. The molecule has 1 amide bonds. The van der Waals surface area contributed by atoms with Crippen molar-refractivity contribution < 1.29 is 9.53 Å². The van der Waals surface area contributed by atoms with Gasteiger partial charge in [-0.15, -0.1) is 0 Å². The number of fused-ring (bicyclic) bond motifs is 4. The molecule has 1 fully saturated rings. The molecule has 1 aliphatic carbocycles. The van der Waals surface area contributed by atoms with Gasteiger partial charge in [0, 0.05) is 37.2 Å². The van der Waals surface area contributed by atoms with E-state index < -0.39 is 0 Å². The van der Waals surface area contributed by atoms with E-state index in [2.05, 4.69) is 20.6 Å². The van der Waals surface area contributed by atoms with Gasteiger partial charge < -0.3 is 15.4 Å². The number of anilines is 1. The second-order valence-corrected chi connectivity index (χ2v) is 7.32. The summed E-state index contributed by atoms with van der Waals surface area (Å²) in [6, 6.07) is 3.92. The van der Waals surface area contributed by atoms with E-state index in [0.717, 1.165) is 42.9 Å². The van der Waals surface area contributed by atoms with Gasteiger partial charge >= 0.3 is 0 Å². The lowest BCUT2D eigenvalue weighted by molar-refractivity contribution is -0.117. The first-order chi connectivity index (χ1) is 13.2. The predicted molar refractivity (Wildman–Crippen MR) is 108 cm³/mol. The molecule has 2 heterocycles. The summed E-state index contributed by atoms with van der Waals surface area (Å²) in [6.07, 6.45) is 9.32. The summed E-state index contributed by atoms with van der Waals surface area (Å²) in [5.41, 5.74) is 2.20. The van der Waals surface area contributed by atoms with E-state index in [4.69, 9.17) is 4.74 Å². The Labute approximate surface area is 161 Å². The van der Waals surface area contributed by atoms with Gasteiger partial charge in [0.05, 0.1) is 6.10 Å². The van der Waals surface area contributed by atoms with Crippen molar-refractivity contribution in [3.05, 3.63) is 35.7 Å². The van der Waals surface area contributed by atoms with Crippen LogP contribution in [-0.2, 0) is 9.53 Å². The van der Waals surface area contributed by atoms with Gasteiger partial charge in [-0.2, -0.15) is 0 Å². The zero-order valence-electron chi connectivity index (χ0n) is 16.3. The predicted octanol–water partition coefficient (Wildman–Crippen LogP) is 3.30. The molecule has 27 heavy (non-hydrogen) atoms. The van der Waals surface area contributed by atoms with Crippen LogP contribution in [0.25, 0.3) is 0 Å². The van der Waals surface area contributed by atoms with Crippen molar-refractivity contribution in [2.45, 2.75) is 52.1 Å². The largest absolute Gasteiger partial charge is 0.378 e. The summed E-state index contributed by atoms with van der Waals surface area (Å²) in [7, 11) is 0. The van der Waals surface area contributed by atoms with Gasteiger partial charge in [0.25, 0.3) is 5.91 Å². The highest BCUT2D eigenvalue weighted by atomic mass is 16.5. The number of hydrogen-bond donors (Lipinski definition) is 2. The molecule has 1 aliphatic heterocycles. The number of nitrogens with zero attached hydrogens (tertiary/aromatic N) is 2. The summed E-state index contributed by atoms with van der Waals surface area (Å²) in [5.74, 6) is 1.31.